The second-order valence-corrected chi connectivity index (χ2v) is 35.0. The lowest BCUT2D eigenvalue weighted by Gasteiger charge is -2.28. The molecule has 0 saturated carbocycles. The fourth-order valence-electron chi connectivity index (χ4n) is 21.7. The minimum atomic E-state index is -0.107. The van der Waals surface area contributed by atoms with Crippen molar-refractivity contribution in [3.63, 3.8) is 0 Å². The molecule has 0 N–H and O–H groups in total. The molecule has 24 rings (SSSR count). The summed E-state index contributed by atoms with van der Waals surface area (Å²) in [7, 11) is 0. The number of rotatable bonds is 12. The summed E-state index contributed by atoms with van der Waals surface area (Å²) < 4.78 is 13.9. The molecule has 6 heteroatoms. The fraction of sp³-hybridized carbons (Fsp3) is 0.0769. The van der Waals surface area contributed by atoms with Crippen LogP contribution in [-0.4, -0.2) is 13.4 Å². The van der Waals surface area contributed by atoms with Crippen molar-refractivity contribution in [1.82, 2.24) is 0 Å². The molecule has 20 aromatic rings. The van der Waals surface area contributed by atoms with Gasteiger partial charge in [-0.2, -0.15) is 0 Å². The normalized spacial score (nSPS) is 13.1. The highest BCUT2D eigenvalue weighted by molar-refractivity contribution is 6.98. The van der Waals surface area contributed by atoms with Gasteiger partial charge in [0.15, 0.2) is 0 Å². The van der Waals surface area contributed by atoms with E-state index in [-0.39, 0.29) is 24.3 Å². The molecular weight excluding hydrogens is 1490 g/mol. The van der Waals surface area contributed by atoms with E-state index in [1.165, 1.54) is 159 Å². The van der Waals surface area contributed by atoms with Crippen molar-refractivity contribution in [2.45, 2.75) is 59.3 Å². The van der Waals surface area contributed by atoms with Crippen LogP contribution in [0.2, 0.25) is 0 Å². The molecule has 0 amide bonds. The molecule has 0 aromatic heterocycles. The maximum absolute atomic E-state index is 6.97. The molecule has 2 aliphatic heterocycles. The molecular formula is C117H86B2N2O2. The van der Waals surface area contributed by atoms with Crippen molar-refractivity contribution in [1.29, 1.82) is 0 Å². The van der Waals surface area contributed by atoms with E-state index in [9.17, 15) is 0 Å². The predicted molar refractivity (Wildman–Crippen MR) is 523 cm³/mol. The van der Waals surface area contributed by atoms with E-state index in [4.69, 9.17) is 9.47 Å². The first-order valence-corrected chi connectivity index (χ1v) is 43.2. The van der Waals surface area contributed by atoms with E-state index >= 15 is 0 Å². The summed E-state index contributed by atoms with van der Waals surface area (Å²) in [5, 5.41) is 14.8. The van der Waals surface area contributed by atoms with Crippen LogP contribution in [0.25, 0.3) is 109 Å². The zero-order valence-electron chi connectivity index (χ0n) is 69.9. The maximum Gasteiger partial charge on any atom is 0.242 e. The number of hydrogen-bond donors (Lipinski definition) is 0. The average molecular weight is 1570 g/mol. The molecule has 0 fully saturated rings. The summed E-state index contributed by atoms with van der Waals surface area (Å²) in [6.07, 6.45) is 0. The van der Waals surface area contributed by atoms with Crippen molar-refractivity contribution < 1.29 is 9.47 Å². The van der Waals surface area contributed by atoms with E-state index in [1.54, 1.807) is 0 Å². The van der Waals surface area contributed by atoms with Crippen molar-refractivity contribution in [3.8, 4) is 67.5 Å². The van der Waals surface area contributed by atoms with Gasteiger partial charge >= 0.3 is 0 Å². The first kappa shape index (κ1) is 73.4. The second kappa shape index (κ2) is 28.8. The number of nitrogens with zero attached hydrogens (tertiary/aromatic N) is 2. The van der Waals surface area contributed by atoms with E-state index in [2.05, 4.69) is 453 Å². The smallest absolute Gasteiger partial charge is 0.242 e. The van der Waals surface area contributed by atoms with Gasteiger partial charge in [0, 0.05) is 79.0 Å². The first-order valence-electron chi connectivity index (χ1n) is 43.2. The van der Waals surface area contributed by atoms with Crippen LogP contribution in [0.4, 0.5) is 34.1 Å². The Balaban J connectivity index is 0.000000143. The standard InChI is InChI=1S/C60H46BNO.C57H40BNO/c1-37-31-38(2)59(39(3)32-37)61(40-27-29-46-45-22-14-15-25-53(45)60(4,5)54(46)33-40)55-36-51-49-24-16-26-56-58(49)52(35-50(51)44-21-12-13-23-47(44)55)48-30-28-43(34-57(48)63-56)62(41-17-8-6-9-18-41)42-19-10-7-11-20-42;1-57(2)51-27-15-14-24-43(51)44-31-29-38(33-52(44)57)58(37-17-6-3-7-18-37)53-36-49-47-26-16-28-54-56(47)50(35-48(49)42-23-12-13-25-45(42)53)46-32-30-41(34-55(46)60-54)59(39-19-8-4-9-20-39)40-21-10-5-11-22-40/h6-36H,1-5H3;3-36H,1-2H3. The van der Waals surface area contributed by atoms with Gasteiger partial charge in [-0.05, 0) is 227 Å². The number of anilines is 6. The third kappa shape index (κ3) is 11.8. The van der Waals surface area contributed by atoms with Gasteiger partial charge in [0.25, 0.3) is 0 Å². The zero-order chi connectivity index (χ0) is 82.5. The molecule has 582 valence electrons. The van der Waals surface area contributed by atoms with Gasteiger partial charge in [0.1, 0.15) is 23.0 Å². The third-order valence-electron chi connectivity index (χ3n) is 27.2. The summed E-state index contributed by atoms with van der Waals surface area (Å²) in [4.78, 5) is 4.59. The van der Waals surface area contributed by atoms with Crippen molar-refractivity contribution in [3.05, 3.63) is 433 Å². The lowest BCUT2D eigenvalue weighted by molar-refractivity contribution is 0.487. The van der Waals surface area contributed by atoms with Gasteiger partial charge in [-0.15, -0.1) is 0 Å². The molecule has 2 aliphatic carbocycles. The van der Waals surface area contributed by atoms with Crippen LogP contribution in [0.15, 0.2) is 394 Å². The Labute approximate surface area is 719 Å². The molecule has 2 heterocycles. The number of benzene rings is 20. The van der Waals surface area contributed by atoms with Crippen LogP contribution in [0.1, 0.15) is 66.6 Å². The summed E-state index contributed by atoms with van der Waals surface area (Å²) in [5.74, 6) is 3.49. The summed E-state index contributed by atoms with van der Waals surface area (Å²) in [5.41, 5.74) is 33.7. The molecule has 4 aliphatic rings. The first-order chi connectivity index (χ1) is 60.3. The molecule has 0 atom stereocenters. The number of aryl methyl sites for hydroxylation is 3. The monoisotopic (exact) mass is 1570 g/mol. The van der Waals surface area contributed by atoms with Gasteiger partial charge in [-0.1, -0.05) is 362 Å². The van der Waals surface area contributed by atoms with Crippen LogP contribution < -0.4 is 52.1 Å². The Morgan fingerprint density at radius 1 is 0.220 bits per heavy atom. The molecule has 0 saturated heterocycles. The van der Waals surface area contributed by atoms with Crippen LogP contribution >= 0.6 is 0 Å². The van der Waals surface area contributed by atoms with Gasteiger partial charge in [0.05, 0.1) is 0 Å². The van der Waals surface area contributed by atoms with Crippen LogP contribution in [0.5, 0.6) is 23.0 Å². The molecule has 0 unspecified atom stereocenters. The molecule has 0 radical (unpaired) electrons. The SMILES string of the molecule is CC1(C)c2ccccc2-c2ccc(B(c3ccccc3)c3cc4c5cccc6c5c(cc4c4ccccc34)-c3ccc(N(c4ccccc4)c4ccccc4)cc3O6)cc21.Cc1cc(C)c(B(c2ccc3c(c2)C(C)(C)c2ccccc2-3)c2cc3c4cccc5c4c(cc3c3ccccc23)-c2ccc(N(c3ccccc3)c3ccccc3)cc2O5)c(C)c1. The lowest BCUT2D eigenvalue weighted by atomic mass is 9.34. The molecule has 0 bridgehead atoms. The van der Waals surface area contributed by atoms with Crippen molar-refractivity contribution >= 4 is 145 Å². The van der Waals surface area contributed by atoms with Gasteiger partial charge < -0.3 is 19.3 Å². The van der Waals surface area contributed by atoms with Gasteiger partial charge in [-0.25, -0.2) is 0 Å². The predicted octanol–water partition coefficient (Wildman–Crippen LogP) is 27.3. The largest absolute Gasteiger partial charge is 0.456 e. The highest BCUT2D eigenvalue weighted by Crippen LogP contribution is 2.56. The number of para-hydroxylation sites is 4. The van der Waals surface area contributed by atoms with Gasteiger partial charge in [0.2, 0.25) is 13.4 Å². The Bertz CT molecular complexity index is 7630. The molecule has 20 aromatic carbocycles. The van der Waals surface area contributed by atoms with E-state index in [0.717, 1.165) is 79.0 Å². The quantitative estimate of drug-likeness (QED) is 0.0899. The maximum atomic E-state index is 6.97. The number of hydrogen-bond acceptors (Lipinski definition) is 4. The average Bonchev–Trinajstić information content (AvgIpc) is 1.60. The van der Waals surface area contributed by atoms with Crippen molar-refractivity contribution in [2.24, 2.45) is 0 Å². The highest BCUT2D eigenvalue weighted by Gasteiger charge is 2.40. The highest BCUT2D eigenvalue weighted by atomic mass is 16.5. The second-order valence-electron chi connectivity index (χ2n) is 35.0. The molecule has 4 nitrogen and oxygen atoms in total. The minimum absolute atomic E-state index is 0.00287. The molecule has 0 spiro atoms. The van der Waals surface area contributed by atoms with E-state index in [1.807, 2.05) is 0 Å². The topological polar surface area (TPSA) is 24.9 Å². The molecule has 123 heavy (non-hydrogen) atoms. The Morgan fingerprint density at radius 3 is 0.992 bits per heavy atom. The van der Waals surface area contributed by atoms with Crippen LogP contribution in [-0.2, 0) is 10.8 Å². The summed E-state index contributed by atoms with van der Waals surface area (Å²) in [6, 6.07) is 145. The Hall–Kier alpha value is -14.7. The lowest BCUT2D eigenvalue weighted by Crippen LogP contribution is -2.54. The van der Waals surface area contributed by atoms with Crippen LogP contribution in [0, 0.1) is 20.8 Å². The van der Waals surface area contributed by atoms with Crippen molar-refractivity contribution in [2.75, 3.05) is 9.80 Å². The fourth-order valence-corrected chi connectivity index (χ4v) is 21.7. The Kier molecular flexibility index (Phi) is 17.2. The van der Waals surface area contributed by atoms with Gasteiger partial charge in [-0.3, -0.25) is 0 Å². The Morgan fingerprint density at radius 2 is 0.561 bits per heavy atom. The minimum Gasteiger partial charge on any atom is -0.456 e. The summed E-state index contributed by atoms with van der Waals surface area (Å²) in [6.45, 7) is 16.4. The number of fused-ring (bicyclic) bond motifs is 18. The van der Waals surface area contributed by atoms with Crippen LogP contribution in [0.3, 0.4) is 0 Å². The number of ether oxygens (including phenoxy) is 2. The summed E-state index contributed by atoms with van der Waals surface area (Å²) >= 11 is 0. The van der Waals surface area contributed by atoms with E-state index in [0.29, 0.717) is 0 Å². The van der Waals surface area contributed by atoms with E-state index < -0.39 is 0 Å². The third-order valence-corrected chi connectivity index (χ3v) is 27.2. The zero-order valence-corrected chi connectivity index (χ0v) is 69.9.